The molecule has 110 valence electrons. The molecule has 1 aromatic carbocycles. The third kappa shape index (κ3) is 2.58. The van der Waals surface area contributed by atoms with Crippen LogP contribution in [0.25, 0.3) is 11.0 Å². The molecular formula is C14H15ClN4O2. The lowest BCUT2D eigenvalue weighted by Gasteiger charge is -2.07. The van der Waals surface area contributed by atoms with Gasteiger partial charge in [-0.2, -0.15) is 4.98 Å². The van der Waals surface area contributed by atoms with Crippen LogP contribution in [0.4, 0.5) is 0 Å². The van der Waals surface area contributed by atoms with Gasteiger partial charge in [0.25, 0.3) is 0 Å². The molecule has 1 atom stereocenters. The molecule has 7 heteroatoms. The molecule has 0 aliphatic carbocycles. The summed E-state index contributed by atoms with van der Waals surface area (Å²) in [6, 6.07) is 5.73. The Morgan fingerprint density at radius 2 is 2.19 bits per heavy atom. The van der Waals surface area contributed by atoms with E-state index in [0.717, 1.165) is 22.6 Å². The van der Waals surface area contributed by atoms with Gasteiger partial charge < -0.3 is 13.8 Å². The highest BCUT2D eigenvalue weighted by Gasteiger charge is 2.17. The van der Waals surface area contributed by atoms with Crippen molar-refractivity contribution < 1.29 is 9.26 Å². The van der Waals surface area contributed by atoms with Crippen LogP contribution in [0.2, 0.25) is 0 Å². The zero-order valence-electron chi connectivity index (χ0n) is 12.0. The number of aryl methyl sites for hydroxylation is 1. The molecular weight excluding hydrogens is 292 g/mol. The van der Waals surface area contributed by atoms with Crippen molar-refractivity contribution in [3.63, 3.8) is 0 Å². The van der Waals surface area contributed by atoms with Crippen LogP contribution >= 0.6 is 11.6 Å². The molecule has 2 heterocycles. The van der Waals surface area contributed by atoms with Crippen LogP contribution in [-0.4, -0.2) is 26.8 Å². The molecule has 21 heavy (non-hydrogen) atoms. The normalized spacial score (nSPS) is 12.8. The van der Waals surface area contributed by atoms with Gasteiger partial charge in [-0.15, -0.1) is 11.6 Å². The van der Waals surface area contributed by atoms with Gasteiger partial charge in [0.15, 0.2) is 5.82 Å². The minimum absolute atomic E-state index is 0.229. The minimum atomic E-state index is -0.229. The number of fused-ring (bicyclic) bond motifs is 1. The average Bonchev–Trinajstić information content (AvgIpc) is 3.03. The standard InChI is InChI=1S/C14H15ClN4O2/c1-8(15)14-17-11-6-10(20-3)4-5-12(11)19(14)7-13-16-9(2)18-21-13/h4-6,8H,7H2,1-3H3. The molecule has 0 N–H and O–H groups in total. The van der Waals surface area contributed by atoms with E-state index in [2.05, 4.69) is 15.1 Å². The van der Waals surface area contributed by atoms with Gasteiger partial charge in [-0.1, -0.05) is 5.16 Å². The minimum Gasteiger partial charge on any atom is -0.497 e. The Morgan fingerprint density at radius 3 is 2.81 bits per heavy atom. The molecule has 3 rings (SSSR count). The molecule has 2 aromatic heterocycles. The summed E-state index contributed by atoms with van der Waals surface area (Å²) in [6.07, 6.45) is 0. The lowest BCUT2D eigenvalue weighted by atomic mass is 10.3. The highest BCUT2D eigenvalue weighted by Crippen LogP contribution is 2.27. The lowest BCUT2D eigenvalue weighted by Crippen LogP contribution is -2.06. The zero-order valence-corrected chi connectivity index (χ0v) is 12.8. The van der Waals surface area contributed by atoms with Crippen molar-refractivity contribution in [3.05, 3.63) is 35.7 Å². The summed E-state index contributed by atoms with van der Waals surface area (Å²) in [5, 5.41) is 3.58. The topological polar surface area (TPSA) is 66.0 Å². The third-order valence-electron chi connectivity index (χ3n) is 3.20. The first kappa shape index (κ1) is 13.9. The van der Waals surface area contributed by atoms with Crippen LogP contribution in [-0.2, 0) is 6.54 Å². The highest BCUT2D eigenvalue weighted by molar-refractivity contribution is 6.20. The van der Waals surface area contributed by atoms with Crippen molar-refractivity contribution in [1.82, 2.24) is 19.7 Å². The average molecular weight is 307 g/mol. The Labute approximate surface area is 126 Å². The molecule has 0 amide bonds. The van der Waals surface area contributed by atoms with E-state index in [4.69, 9.17) is 20.9 Å². The smallest absolute Gasteiger partial charge is 0.246 e. The van der Waals surface area contributed by atoms with E-state index in [9.17, 15) is 0 Å². The lowest BCUT2D eigenvalue weighted by molar-refractivity contribution is 0.367. The molecule has 0 aliphatic heterocycles. The van der Waals surface area contributed by atoms with Crippen molar-refractivity contribution >= 4 is 22.6 Å². The van der Waals surface area contributed by atoms with Gasteiger partial charge in [0.05, 0.1) is 23.5 Å². The fourth-order valence-electron chi connectivity index (χ4n) is 2.26. The summed E-state index contributed by atoms with van der Waals surface area (Å²) in [6.45, 7) is 4.11. The first-order valence-electron chi connectivity index (χ1n) is 6.56. The fraction of sp³-hybridized carbons (Fsp3) is 0.357. The Bertz CT molecular complexity index is 778. The molecule has 0 saturated heterocycles. The van der Waals surface area contributed by atoms with Crippen molar-refractivity contribution in [1.29, 1.82) is 0 Å². The van der Waals surface area contributed by atoms with Crippen LogP contribution in [0.5, 0.6) is 5.75 Å². The van der Waals surface area contributed by atoms with Gasteiger partial charge in [-0.3, -0.25) is 0 Å². The van der Waals surface area contributed by atoms with Crippen LogP contribution in [0.15, 0.2) is 22.7 Å². The van der Waals surface area contributed by atoms with E-state index < -0.39 is 0 Å². The number of halogens is 1. The number of hydrogen-bond donors (Lipinski definition) is 0. The van der Waals surface area contributed by atoms with E-state index in [0.29, 0.717) is 18.3 Å². The van der Waals surface area contributed by atoms with Crippen LogP contribution in [0.3, 0.4) is 0 Å². The summed E-state index contributed by atoms with van der Waals surface area (Å²) in [4.78, 5) is 8.82. The number of imidazole rings is 1. The first-order valence-corrected chi connectivity index (χ1v) is 6.99. The molecule has 0 spiro atoms. The monoisotopic (exact) mass is 306 g/mol. The van der Waals surface area contributed by atoms with Crippen LogP contribution < -0.4 is 4.74 Å². The van der Waals surface area contributed by atoms with Crippen molar-refractivity contribution in [2.24, 2.45) is 0 Å². The molecule has 6 nitrogen and oxygen atoms in total. The summed E-state index contributed by atoms with van der Waals surface area (Å²) in [5.41, 5.74) is 1.78. The van der Waals surface area contributed by atoms with Crippen LogP contribution in [0, 0.1) is 6.92 Å². The summed E-state index contributed by atoms with van der Waals surface area (Å²) in [7, 11) is 1.63. The Balaban J connectivity index is 2.11. The number of nitrogens with zero attached hydrogens (tertiary/aromatic N) is 4. The third-order valence-corrected chi connectivity index (χ3v) is 3.40. The number of alkyl halides is 1. The number of benzene rings is 1. The van der Waals surface area contributed by atoms with Gasteiger partial charge in [0, 0.05) is 6.07 Å². The van der Waals surface area contributed by atoms with Crippen molar-refractivity contribution in [3.8, 4) is 5.75 Å². The van der Waals surface area contributed by atoms with Gasteiger partial charge in [-0.25, -0.2) is 4.98 Å². The maximum atomic E-state index is 6.24. The Hall–Kier alpha value is -2.08. The van der Waals surface area contributed by atoms with Gasteiger partial charge in [0.1, 0.15) is 18.1 Å². The Morgan fingerprint density at radius 1 is 1.38 bits per heavy atom. The molecule has 3 aromatic rings. The van der Waals surface area contributed by atoms with Crippen LogP contribution in [0.1, 0.15) is 29.8 Å². The molecule has 0 fully saturated rings. The zero-order chi connectivity index (χ0) is 15.0. The molecule has 0 saturated carbocycles. The SMILES string of the molecule is COc1ccc2c(c1)nc(C(C)Cl)n2Cc1nc(C)no1. The van der Waals surface area contributed by atoms with Crippen molar-refractivity contribution in [2.75, 3.05) is 7.11 Å². The molecule has 0 bridgehead atoms. The van der Waals surface area contributed by atoms with E-state index in [1.165, 1.54) is 0 Å². The fourth-order valence-corrected chi connectivity index (χ4v) is 2.43. The molecule has 0 radical (unpaired) electrons. The van der Waals surface area contributed by atoms with E-state index >= 15 is 0 Å². The number of aromatic nitrogens is 4. The second-order valence-corrected chi connectivity index (χ2v) is 5.42. The van der Waals surface area contributed by atoms with Gasteiger partial charge in [0.2, 0.25) is 5.89 Å². The predicted octanol–water partition coefficient (Wildman–Crippen LogP) is 3.08. The highest BCUT2D eigenvalue weighted by atomic mass is 35.5. The van der Waals surface area contributed by atoms with E-state index in [-0.39, 0.29) is 5.38 Å². The van der Waals surface area contributed by atoms with Gasteiger partial charge >= 0.3 is 0 Å². The largest absolute Gasteiger partial charge is 0.497 e. The van der Waals surface area contributed by atoms with E-state index in [1.807, 2.05) is 29.7 Å². The maximum Gasteiger partial charge on any atom is 0.246 e. The Kier molecular flexibility index (Phi) is 3.55. The molecule has 1 unspecified atom stereocenters. The summed E-state index contributed by atoms with van der Waals surface area (Å²) < 4.78 is 12.4. The van der Waals surface area contributed by atoms with E-state index in [1.54, 1.807) is 14.0 Å². The quantitative estimate of drug-likeness (QED) is 0.693. The predicted molar refractivity (Wildman–Crippen MR) is 78.7 cm³/mol. The number of rotatable bonds is 4. The number of ether oxygens (including phenoxy) is 1. The summed E-state index contributed by atoms with van der Waals surface area (Å²) in [5.74, 6) is 2.66. The maximum absolute atomic E-state index is 6.24. The number of methoxy groups -OCH3 is 1. The number of hydrogen-bond acceptors (Lipinski definition) is 5. The second-order valence-electron chi connectivity index (χ2n) is 4.76. The van der Waals surface area contributed by atoms with Crippen molar-refractivity contribution in [2.45, 2.75) is 25.8 Å². The second kappa shape index (κ2) is 5.37. The molecule has 0 aliphatic rings. The summed E-state index contributed by atoms with van der Waals surface area (Å²) >= 11 is 6.24. The first-order chi connectivity index (χ1) is 10.1. The van der Waals surface area contributed by atoms with Gasteiger partial charge in [-0.05, 0) is 26.0 Å².